The first kappa shape index (κ1) is 18.7. The van der Waals surface area contributed by atoms with Crippen molar-refractivity contribution >= 4 is 23.2 Å². The molecule has 0 saturated heterocycles. The third-order valence-corrected chi connectivity index (χ3v) is 4.02. The molecule has 0 spiro atoms. The highest BCUT2D eigenvalue weighted by Crippen LogP contribution is 2.32. The second-order valence-corrected chi connectivity index (χ2v) is 6.21. The lowest BCUT2D eigenvalue weighted by Gasteiger charge is -2.13. The Bertz CT molecular complexity index is 927. The molecular weight excluding hydrogens is 369 g/mol. The first-order chi connectivity index (χ1) is 13.0. The second kappa shape index (κ2) is 8.56. The number of methoxy groups -OCH3 is 1. The van der Waals surface area contributed by atoms with E-state index < -0.39 is 0 Å². The number of hydrogen-bond acceptors (Lipinski definition) is 3. The Balaban J connectivity index is 1.74. The Hall–Kier alpha value is -3.05. The van der Waals surface area contributed by atoms with E-state index in [0.717, 1.165) is 0 Å². The fourth-order valence-corrected chi connectivity index (χ4v) is 2.61. The zero-order valence-electron chi connectivity index (χ0n) is 14.5. The van der Waals surface area contributed by atoms with Gasteiger partial charge in [0, 0.05) is 5.02 Å². The predicted molar refractivity (Wildman–Crippen MR) is 103 cm³/mol. The number of nitrogens with one attached hydrogen (secondary N) is 1. The van der Waals surface area contributed by atoms with Crippen LogP contribution in [0.5, 0.6) is 17.2 Å². The van der Waals surface area contributed by atoms with E-state index in [1.54, 1.807) is 61.7 Å². The molecule has 4 nitrogen and oxygen atoms in total. The van der Waals surface area contributed by atoms with E-state index in [1.807, 2.05) is 0 Å². The Morgan fingerprint density at radius 1 is 1.00 bits per heavy atom. The molecule has 0 bridgehead atoms. The maximum atomic E-state index is 13.0. The van der Waals surface area contributed by atoms with E-state index in [4.69, 9.17) is 21.1 Å². The van der Waals surface area contributed by atoms with E-state index in [-0.39, 0.29) is 18.1 Å². The molecule has 0 atom stereocenters. The molecule has 0 fully saturated rings. The number of carbonyl (C=O) groups excluding carboxylic acids is 1. The lowest BCUT2D eigenvalue weighted by atomic mass is 10.1. The number of ether oxygens (including phenoxy) is 2. The third kappa shape index (κ3) is 5.21. The fourth-order valence-electron chi connectivity index (χ4n) is 2.44. The Morgan fingerprint density at radius 2 is 1.67 bits per heavy atom. The molecule has 0 heterocycles. The molecule has 138 valence electrons. The molecule has 3 aromatic rings. The van der Waals surface area contributed by atoms with Crippen LogP contribution < -0.4 is 14.8 Å². The molecule has 0 aliphatic rings. The highest BCUT2D eigenvalue weighted by molar-refractivity contribution is 6.31. The van der Waals surface area contributed by atoms with Gasteiger partial charge in [-0.15, -0.1) is 0 Å². The number of rotatable bonds is 6. The van der Waals surface area contributed by atoms with Crippen LogP contribution in [0.25, 0.3) is 0 Å². The van der Waals surface area contributed by atoms with Gasteiger partial charge in [0.1, 0.15) is 17.3 Å². The van der Waals surface area contributed by atoms with Crippen LogP contribution in [0.15, 0.2) is 66.7 Å². The monoisotopic (exact) mass is 385 g/mol. The smallest absolute Gasteiger partial charge is 0.228 e. The van der Waals surface area contributed by atoms with Crippen LogP contribution in [0, 0.1) is 5.82 Å². The van der Waals surface area contributed by atoms with Crippen molar-refractivity contribution in [3.8, 4) is 17.2 Å². The molecule has 1 N–H and O–H groups in total. The summed E-state index contributed by atoms with van der Waals surface area (Å²) in [6, 6.07) is 17.8. The Morgan fingerprint density at radius 3 is 2.33 bits per heavy atom. The lowest BCUT2D eigenvalue weighted by Crippen LogP contribution is -2.15. The van der Waals surface area contributed by atoms with Gasteiger partial charge in [0.15, 0.2) is 5.75 Å². The molecule has 0 saturated carbocycles. The van der Waals surface area contributed by atoms with Gasteiger partial charge in [-0.1, -0.05) is 23.7 Å². The molecular formula is C21H17ClFNO3. The zero-order valence-corrected chi connectivity index (χ0v) is 15.3. The minimum absolute atomic E-state index is 0.106. The van der Waals surface area contributed by atoms with Gasteiger partial charge in [0.2, 0.25) is 5.91 Å². The average molecular weight is 386 g/mol. The second-order valence-electron chi connectivity index (χ2n) is 5.77. The summed E-state index contributed by atoms with van der Waals surface area (Å²) in [4.78, 5) is 12.3. The summed E-state index contributed by atoms with van der Waals surface area (Å²) in [5.41, 5.74) is 1.15. The van der Waals surface area contributed by atoms with Gasteiger partial charge in [-0.3, -0.25) is 4.79 Å². The van der Waals surface area contributed by atoms with Crippen LogP contribution in [0.2, 0.25) is 5.02 Å². The summed E-state index contributed by atoms with van der Waals surface area (Å²) in [6.45, 7) is 0. The highest BCUT2D eigenvalue weighted by Gasteiger charge is 2.11. The summed E-state index contributed by atoms with van der Waals surface area (Å²) in [5, 5.41) is 3.26. The maximum absolute atomic E-state index is 13.0. The molecule has 0 unspecified atom stereocenters. The van der Waals surface area contributed by atoms with Crippen LogP contribution in [0.1, 0.15) is 5.56 Å². The van der Waals surface area contributed by atoms with Crippen LogP contribution >= 0.6 is 11.6 Å². The molecule has 3 rings (SSSR count). The predicted octanol–water partition coefficient (Wildman–Crippen LogP) is 5.46. The summed E-state index contributed by atoms with van der Waals surface area (Å²) < 4.78 is 24.0. The van der Waals surface area contributed by atoms with E-state index in [1.165, 1.54) is 12.1 Å². The molecule has 0 radical (unpaired) electrons. The van der Waals surface area contributed by atoms with E-state index in [2.05, 4.69) is 5.32 Å². The largest absolute Gasteiger partial charge is 0.497 e. The number of amides is 1. The van der Waals surface area contributed by atoms with Gasteiger partial charge in [-0.05, 0) is 60.2 Å². The standard InChI is InChI=1S/C21H17ClFNO3/c1-26-17-7-9-18(10-8-17)27-20-11-4-15(22)13-19(20)24-21(25)12-14-2-5-16(23)6-3-14/h2-11,13H,12H2,1H3,(H,24,25). The summed E-state index contributed by atoms with van der Waals surface area (Å²) in [5.74, 6) is 1.16. The van der Waals surface area contributed by atoms with Crippen LogP contribution in [-0.4, -0.2) is 13.0 Å². The van der Waals surface area contributed by atoms with Crippen molar-refractivity contribution in [3.63, 3.8) is 0 Å². The molecule has 6 heteroatoms. The molecule has 1 amide bonds. The Kier molecular flexibility index (Phi) is 5.94. The van der Waals surface area contributed by atoms with Crippen molar-refractivity contribution in [1.82, 2.24) is 0 Å². The zero-order chi connectivity index (χ0) is 19.2. The number of benzene rings is 3. The third-order valence-electron chi connectivity index (χ3n) is 3.78. The van der Waals surface area contributed by atoms with Crippen LogP contribution in [0.3, 0.4) is 0 Å². The quantitative estimate of drug-likeness (QED) is 0.612. The van der Waals surface area contributed by atoms with E-state index in [0.29, 0.717) is 33.5 Å². The topological polar surface area (TPSA) is 47.6 Å². The van der Waals surface area contributed by atoms with Crippen LogP contribution in [-0.2, 0) is 11.2 Å². The van der Waals surface area contributed by atoms with E-state index >= 15 is 0 Å². The highest BCUT2D eigenvalue weighted by atomic mass is 35.5. The Labute approximate surface area is 161 Å². The first-order valence-corrected chi connectivity index (χ1v) is 8.57. The van der Waals surface area contributed by atoms with Gasteiger partial charge in [-0.25, -0.2) is 4.39 Å². The lowest BCUT2D eigenvalue weighted by molar-refractivity contribution is -0.115. The normalized spacial score (nSPS) is 10.3. The molecule has 3 aromatic carbocycles. The van der Waals surface area contributed by atoms with Crippen molar-refractivity contribution in [1.29, 1.82) is 0 Å². The number of hydrogen-bond donors (Lipinski definition) is 1. The molecule has 0 aromatic heterocycles. The SMILES string of the molecule is COc1ccc(Oc2ccc(Cl)cc2NC(=O)Cc2ccc(F)cc2)cc1. The van der Waals surface area contributed by atoms with Gasteiger partial charge in [-0.2, -0.15) is 0 Å². The number of halogens is 2. The molecule has 27 heavy (non-hydrogen) atoms. The van der Waals surface area contributed by atoms with Gasteiger partial charge in [0.05, 0.1) is 19.2 Å². The van der Waals surface area contributed by atoms with Gasteiger partial charge >= 0.3 is 0 Å². The summed E-state index contributed by atoms with van der Waals surface area (Å²) in [7, 11) is 1.59. The van der Waals surface area contributed by atoms with Crippen molar-refractivity contribution in [2.45, 2.75) is 6.42 Å². The van der Waals surface area contributed by atoms with Gasteiger partial charge < -0.3 is 14.8 Å². The minimum atomic E-state index is -0.343. The minimum Gasteiger partial charge on any atom is -0.497 e. The maximum Gasteiger partial charge on any atom is 0.228 e. The van der Waals surface area contributed by atoms with Crippen molar-refractivity contribution < 1.29 is 18.7 Å². The number of carbonyl (C=O) groups is 1. The summed E-state index contributed by atoms with van der Waals surface area (Å²) >= 11 is 6.06. The fraction of sp³-hybridized carbons (Fsp3) is 0.0952. The molecule has 0 aliphatic heterocycles. The summed E-state index contributed by atoms with van der Waals surface area (Å²) in [6.07, 6.45) is 0.106. The van der Waals surface area contributed by atoms with Crippen molar-refractivity contribution in [2.24, 2.45) is 0 Å². The van der Waals surface area contributed by atoms with Crippen LogP contribution in [0.4, 0.5) is 10.1 Å². The average Bonchev–Trinajstić information content (AvgIpc) is 2.66. The van der Waals surface area contributed by atoms with Gasteiger partial charge in [0.25, 0.3) is 0 Å². The van der Waals surface area contributed by atoms with E-state index in [9.17, 15) is 9.18 Å². The van der Waals surface area contributed by atoms with Crippen molar-refractivity contribution in [3.05, 3.63) is 83.1 Å². The van der Waals surface area contributed by atoms with Crippen molar-refractivity contribution in [2.75, 3.05) is 12.4 Å². The molecule has 0 aliphatic carbocycles. The first-order valence-electron chi connectivity index (χ1n) is 8.19. The number of anilines is 1.